The van der Waals surface area contributed by atoms with Crippen LogP contribution in [0.5, 0.6) is 0 Å². The van der Waals surface area contributed by atoms with Crippen LogP contribution in [0.25, 0.3) is 0 Å². The Morgan fingerprint density at radius 3 is 2.11 bits per heavy atom. The molecule has 0 spiro atoms. The minimum Gasteiger partial charge on any atom is -0.463 e. The Bertz CT molecular complexity index is 138. The average Bonchev–Trinajstić information content (AvgIpc) is 1.59. The number of halogens is 3. The molecule has 0 saturated carbocycles. The summed E-state index contributed by atoms with van der Waals surface area (Å²) in [4.78, 5) is 12.5. The normalized spacial score (nSPS) is 12.3. The standard InChI is InChI=1S/C3H2Cl3NO2/c4-3(5,6)1-7-2(8)9/h1H,(H,8,9)/b7-1+. The summed E-state index contributed by atoms with van der Waals surface area (Å²) in [5.41, 5.74) is 0. The molecule has 1 amide bonds. The molecule has 6 heteroatoms. The molecule has 0 aliphatic rings. The van der Waals surface area contributed by atoms with Gasteiger partial charge in [0.15, 0.2) is 0 Å². The quantitative estimate of drug-likeness (QED) is 0.470. The molecular formula is C3H2Cl3NO2. The van der Waals surface area contributed by atoms with E-state index in [2.05, 4.69) is 4.99 Å². The maximum atomic E-state index is 9.67. The molecule has 0 unspecified atom stereocenters. The zero-order chi connectivity index (χ0) is 7.49. The molecule has 0 aromatic heterocycles. The second-order valence-corrected chi connectivity index (χ2v) is 3.45. The highest BCUT2D eigenvalue weighted by molar-refractivity contribution is 6.74. The van der Waals surface area contributed by atoms with Crippen molar-refractivity contribution in [2.45, 2.75) is 3.79 Å². The van der Waals surface area contributed by atoms with E-state index < -0.39 is 9.89 Å². The van der Waals surface area contributed by atoms with Crippen molar-refractivity contribution in [1.82, 2.24) is 0 Å². The zero-order valence-electron chi connectivity index (χ0n) is 4.01. The predicted molar refractivity (Wildman–Crippen MR) is 36.8 cm³/mol. The molecule has 0 atom stereocenters. The predicted octanol–water partition coefficient (Wildman–Crippen LogP) is 2.11. The Labute approximate surface area is 66.2 Å². The Kier molecular flexibility index (Phi) is 3.25. The van der Waals surface area contributed by atoms with Crippen molar-refractivity contribution in [3.05, 3.63) is 0 Å². The van der Waals surface area contributed by atoms with Crippen molar-refractivity contribution in [2.24, 2.45) is 4.99 Å². The molecule has 0 heterocycles. The van der Waals surface area contributed by atoms with Crippen LogP contribution in [-0.4, -0.2) is 21.2 Å². The lowest BCUT2D eigenvalue weighted by molar-refractivity contribution is 0.206. The Hall–Kier alpha value is 0.01000. The number of rotatable bonds is 0. The fraction of sp³-hybridized carbons (Fsp3) is 0.333. The van der Waals surface area contributed by atoms with Gasteiger partial charge in [0.2, 0.25) is 3.79 Å². The van der Waals surface area contributed by atoms with Gasteiger partial charge in [0.25, 0.3) is 0 Å². The molecule has 9 heavy (non-hydrogen) atoms. The van der Waals surface area contributed by atoms with Gasteiger partial charge in [-0.2, -0.15) is 4.99 Å². The first kappa shape index (κ1) is 9.01. The fourth-order valence-corrected chi connectivity index (χ4v) is 0.275. The summed E-state index contributed by atoms with van der Waals surface area (Å²) in [7, 11) is 0. The number of alkyl halides is 3. The lowest BCUT2D eigenvalue weighted by atomic mass is 10.8. The van der Waals surface area contributed by atoms with Crippen LogP contribution in [0.3, 0.4) is 0 Å². The lowest BCUT2D eigenvalue weighted by Gasteiger charge is -1.98. The van der Waals surface area contributed by atoms with E-state index in [0.29, 0.717) is 6.21 Å². The number of nitrogens with zero attached hydrogens (tertiary/aromatic N) is 1. The van der Waals surface area contributed by atoms with Crippen LogP contribution in [0.2, 0.25) is 0 Å². The summed E-state index contributed by atoms with van der Waals surface area (Å²) < 4.78 is -1.72. The SMILES string of the molecule is O=C(O)/N=C/C(Cl)(Cl)Cl. The monoisotopic (exact) mass is 189 g/mol. The first-order chi connectivity index (χ1) is 3.92. The van der Waals surface area contributed by atoms with E-state index in [4.69, 9.17) is 39.9 Å². The third-order valence-corrected chi connectivity index (χ3v) is 0.614. The Morgan fingerprint density at radius 2 is 2.00 bits per heavy atom. The molecule has 0 aromatic carbocycles. The van der Waals surface area contributed by atoms with E-state index >= 15 is 0 Å². The third-order valence-electron chi connectivity index (χ3n) is 0.321. The van der Waals surface area contributed by atoms with Crippen LogP contribution in [0.4, 0.5) is 4.79 Å². The second kappa shape index (κ2) is 3.25. The summed E-state index contributed by atoms with van der Waals surface area (Å²) >= 11 is 15.3. The maximum Gasteiger partial charge on any atom is 0.430 e. The van der Waals surface area contributed by atoms with Crippen molar-refractivity contribution in [2.75, 3.05) is 0 Å². The minimum absolute atomic E-state index is 0.708. The topological polar surface area (TPSA) is 49.7 Å². The van der Waals surface area contributed by atoms with Crippen LogP contribution in [-0.2, 0) is 0 Å². The average molecular weight is 190 g/mol. The van der Waals surface area contributed by atoms with Gasteiger partial charge in [-0.25, -0.2) is 4.79 Å². The van der Waals surface area contributed by atoms with Crippen LogP contribution in [0.1, 0.15) is 0 Å². The van der Waals surface area contributed by atoms with E-state index in [-0.39, 0.29) is 0 Å². The van der Waals surface area contributed by atoms with Gasteiger partial charge >= 0.3 is 6.09 Å². The van der Waals surface area contributed by atoms with E-state index in [0.717, 1.165) is 0 Å². The number of carboxylic acid groups (broad SMARTS) is 1. The van der Waals surface area contributed by atoms with Crippen molar-refractivity contribution >= 4 is 47.1 Å². The molecular weight excluding hydrogens is 188 g/mol. The summed E-state index contributed by atoms with van der Waals surface area (Å²) in [6.45, 7) is 0. The van der Waals surface area contributed by atoms with Gasteiger partial charge in [-0.05, 0) is 0 Å². The van der Waals surface area contributed by atoms with E-state index in [1.165, 1.54) is 0 Å². The number of aliphatic imine (C=N–C) groups is 1. The van der Waals surface area contributed by atoms with Gasteiger partial charge in [-0.3, -0.25) is 0 Å². The smallest absolute Gasteiger partial charge is 0.430 e. The van der Waals surface area contributed by atoms with Crippen LogP contribution < -0.4 is 0 Å². The highest BCUT2D eigenvalue weighted by Crippen LogP contribution is 2.22. The molecule has 0 saturated heterocycles. The molecule has 0 bridgehead atoms. The summed E-state index contributed by atoms with van der Waals surface area (Å²) in [6.07, 6.45) is -0.679. The molecule has 0 aliphatic carbocycles. The van der Waals surface area contributed by atoms with E-state index in [1.54, 1.807) is 0 Å². The second-order valence-electron chi connectivity index (χ2n) is 1.08. The minimum atomic E-state index is -1.72. The number of hydrogen-bond donors (Lipinski definition) is 1. The van der Waals surface area contributed by atoms with Crippen LogP contribution in [0.15, 0.2) is 4.99 Å². The van der Waals surface area contributed by atoms with E-state index in [9.17, 15) is 4.79 Å². The molecule has 0 aliphatic heterocycles. The third kappa shape index (κ3) is 8.01. The molecule has 0 fully saturated rings. The Morgan fingerprint density at radius 1 is 1.56 bits per heavy atom. The van der Waals surface area contributed by atoms with Gasteiger partial charge in [0.1, 0.15) is 0 Å². The first-order valence-corrected chi connectivity index (χ1v) is 2.90. The first-order valence-electron chi connectivity index (χ1n) is 1.77. The van der Waals surface area contributed by atoms with Gasteiger partial charge in [0, 0.05) is 0 Å². The maximum absolute atomic E-state index is 9.67. The van der Waals surface area contributed by atoms with Crippen LogP contribution in [0, 0.1) is 0 Å². The lowest BCUT2D eigenvalue weighted by Crippen LogP contribution is -2.04. The van der Waals surface area contributed by atoms with Crippen LogP contribution >= 0.6 is 34.8 Å². The largest absolute Gasteiger partial charge is 0.463 e. The highest BCUT2D eigenvalue weighted by Gasteiger charge is 2.15. The molecule has 0 aromatic rings. The highest BCUT2D eigenvalue weighted by atomic mass is 35.6. The Balaban J connectivity index is 3.86. The molecule has 52 valence electrons. The number of amides is 1. The molecule has 0 rings (SSSR count). The van der Waals surface area contributed by atoms with Crippen molar-refractivity contribution < 1.29 is 9.90 Å². The van der Waals surface area contributed by atoms with Crippen molar-refractivity contribution in [3.63, 3.8) is 0 Å². The fourth-order valence-electron chi connectivity index (χ4n) is 0.128. The summed E-state index contributed by atoms with van der Waals surface area (Å²) in [5, 5.41) is 7.90. The molecule has 3 nitrogen and oxygen atoms in total. The zero-order valence-corrected chi connectivity index (χ0v) is 6.28. The summed E-state index contributed by atoms with van der Waals surface area (Å²) in [5.74, 6) is 0. The van der Waals surface area contributed by atoms with Gasteiger partial charge in [-0.15, -0.1) is 0 Å². The van der Waals surface area contributed by atoms with Gasteiger partial charge < -0.3 is 5.11 Å². The van der Waals surface area contributed by atoms with Gasteiger partial charge in [-0.1, -0.05) is 34.8 Å². The molecule has 1 N–H and O–H groups in total. The number of carbonyl (C=O) groups is 1. The number of hydrogen-bond acceptors (Lipinski definition) is 1. The summed E-state index contributed by atoms with van der Waals surface area (Å²) in [6, 6.07) is 0. The van der Waals surface area contributed by atoms with Crippen molar-refractivity contribution in [3.8, 4) is 0 Å². The van der Waals surface area contributed by atoms with Crippen molar-refractivity contribution in [1.29, 1.82) is 0 Å². The van der Waals surface area contributed by atoms with Gasteiger partial charge in [0.05, 0.1) is 6.21 Å². The molecule has 0 radical (unpaired) electrons. The van der Waals surface area contributed by atoms with E-state index in [1.807, 2.05) is 0 Å².